The van der Waals surface area contributed by atoms with Gasteiger partial charge in [0, 0.05) is 25.8 Å². The van der Waals surface area contributed by atoms with Gasteiger partial charge >= 0.3 is 6.18 Å². The van der Waals surface area contributed by atoms with Crippen molar-refractivity contribution in [3.63, 3.8) is 0 Å². The maximum atomic E-state index is 12.9. The highest BCUT2D eigenvalue weighted by atomic mass is 35.5. The molecule has 0 N–H and O–H groups in total. The molecule has 0 amide bonds. The highest BCUT2D eigenvalue weighted by Crippen LogP contribution is 2.30. The molecule has 1 fully saturated rings. The lowest BCUT2D eigenvalue weighted by atomic mass is 10.1. The van der Waals surface area contributed by atoms with Crippen LogP contribution in [0.3, 0.4) is 0 Å². The summed E-state index contributed by atoms with van der Waals surface area (Å²) in [5.74, 6) is 0.418. The zero-order valence-electron chi connectivity index (χ0n) is 9.78. The normalized spacial score (nSPS) is 22.3. The maximum Gasteiger partial charge on any atom is 0.405 e. The fourth-order valence-corrected chi connectivity index (χ4v) is 2.27. The van der Waals surface area contributed by atoms with Gasteiger partial charge in [-0.15, -0.1) is 0 Å². The lowest BCUT2D eigenvalue weighted by Crippen LogP contribution is -2.57. The molecule has 0 bridgehead atoms. The van der Waals surface area contributed by atoms with Crippen LogP contribution in [0.1, 0.15) is 0 Å². The Hall–Kier alpha value is -1.01. The van der Waals surface area contributed by atoms with Crippen molar-refractivity contribution in [2.75, 3.05) is 31.6 Å². The topological polar surface area (TPSA) is 19.4 Å². The van der Waals surface area contributed by atoms with Gasteiger partial charge in [-0.3, -0.25) is 4.90 Å². The SMILES string of the molecule is CN1CCN(c2ncccc2Cl)CC1C(F)(F)F. The summed E-state index contributed by atoms with van der Waals surface area (Å²) in [5, 5.41) is 0.378. The summed E-state index contributed by atoms with van der Waals surface area (Å²) in [4.78, 5) is 6.95. The smallest absolute Gasteiger partial charge is 0.352 e. The first kappa shape index (κ1) is 13.4. The van der Waals surface area contributed by atoms with Crippen LogP contribution in [0.25, 0.3) is 0 Å². The Balaban J connectivity index is 2.20. The Morgan fingerprint density at radius 1 is 1.39 bits per heavy atom. The highest BCUT2D eigenvalue weighted by molar-refractivity contribution is 6.32. The molecule has 0 saturated carbocycles. The molecule has 1 aliphatic heterocycles. The summed E-state index contributed by atoms with van der Waals surface area (Å²) >= 11 is 5.96. The van der Waals surface area contributed by atoms with E-state index in [4.69, 9.17) is 11.6 Å². The Morgan fingerprint density at radius 2 is 2.11 bits per heavy atom. The summed E-state index contributed by atoms with van der Waals surface area (Å²) < 4.78 is 38.6. The van der Waals surface area contributed by atoms with Crippen LogP contribution in [0.15, 0.2) is 18.3 Å². The zero-order chi connectivity index (χ0) is 13.3. The van der Waals surface area contributed by atoms with Crippen LogP contribution in [0, 0.1) is 0 Å². The van der Waals surface area contributed by atoms with Gasteiger partial charge in [0.25, 0.3) is 0 Å². The molecule has 1 aromatic rings. The minimum absolute atomic E-state index is 0.142. The van der Waals surface area contributed by atoms with E-state index in [2.05, 4.69) is 4.98 Å². The van der Waals surface area contributed by atoms with Crippen molar-refractivity contribution in [2.24, 2.45) is 0 Å². The van der Waals surface area contributed by atoms with Crippen molar-refractivity contribution in [1.82, 2.24) is 9.88 Å². The number of piperazine rings is 1. The van der Waals surface area contributed by atoms with Crippen molar-refractivity contribution in [3.05, 3.63) is 23.4 Å². The van der Waals surface area contributed by atoms with Crippen molar-refractivity contribution < 1.29 is 13.2 Å². The molecule has 1 saturated heterocycles. The fourth-order valence-electron chi connectivity index (χ4n) is 2.03. The third kappa shape index (κ3) is 2.70. The van der Waals surface area contributed by atoms with Crippen LogP contribution in [0.4, 0.5) is 19.0 Å². The highest BCUT2D eigenvalue weighted by Gasteiger charge is 2.45. The van der Waals surface area contributed by atoms with Gasteiger partial charge in [0.2, 0.25) is 0 Å². The number of nitrogens with zero attached hydrogens (tertiary/aromatic N) is 3. The van der Waals surface area contributed by atoms with E-state index in [0.717, 1.165) is 0 Å². The Bertz CT molecular complexity index is 424. The second-order valence-corrected chi connectivity index (χ2v) is 4.70. The van der Waals surface area contributed by atoms with E-state index < -0.39 is 12.2 Å². The number of halogens is 4. The average Bonchev–Trinajstić information content (AvgIpc) is 2.29. The van der Waals surface area contributed by atoms with Crippen LogP contribution in [-0.2, 0) is 0 Å². The van der Waals surface area contributed by atoms with Gasteiger partial charge in [0.15, 0.2) is 0 Å². The second-order valence-electron chi connectivity index (χ2n) is 4.29. The van der Waals surface area contributed by atoms with E-state index in [-0.39, 0.29) is 6.54 Å². The lowest BCUT2D eigenvalue weighted by molar-refractivity contribution is -0.180. The van der Waals surface area contributed by atoms with Crippen LogP contribution in [0.2, 0.25) is 5.02 Å². The van der Waals surface area contributed by atoms with Crippen molar-refractivity contribution >= 4 is 17.4 Å². The fraction of sp³-hybridized carbons (Fsp3) is 0.545. The number of hydrogen-bond donors (Lipinski definition) is 0. The molecule has 0 radical (unpaired) electrons. The summed E-state index contributed by atoms with van der Waals surface area (Å²) in [5.41, 5.74) is 0. The molecule has 1 aromatic heterocycles. The van der Waals surface area contributed by atoms with E-state index in [1.54, 1.807) is 17.0 Å². The molecule has 1 atom stereocenters. The average molecular weight is 280 g/mol. The van der Waals surface area contributed by atoms with Crippen molar-refractivity contribution in [3.8, 4) is 0 Å². The molecule has 100 valence electrons. The first-order valence-electron chi connectivity index (χ1n) is 5.52. The van der Waals surface area contributed by atoms with Crippen LogP contribution < -0.4 is 4.90 Å². The molecule has 7 heteroatoms. The summed E-state index contributed by atoms with van der Waals surface area (Å²) in [6, 6.07) is 1.80. The van der Waals surface area contributed by atoms with Gasteiger partial charge in [-0.1, -0.05) is 11.6 Å². The number of rotatable bonds is 1. The molecular weight excluding hydrogens is 267 g/mol. The zero-order valence-corrected chi connectivity index (χ0v) is 10.5. The molecule has 0 spiro atoms. The summed E-state index contributed by atoms with van der Waals surface area (Å²) in [7, 11) is 1.48. The van der Waals surface area contributed by atoms with Crippen LogP contribution >= 0.6 is 11.6 Å². The van der Waals surface area contributed by atoms with Crippen molar-refractivity contribution in [2.45, 2.75) is 12.2 Å². The molecule has 1 aliphatic rings. The molecule has 1 unspecified atom stereocenters. The molecule has 2 heterocycles. The first-order valence-corrected chi connectivity index (χ1v) is 5.90. The number of alkyl halides is 3. The number of anilines is 1. The minimum Gasteiger partial charge on any atom is -0.352 e. The van der Waals surface area contributed by atoms with Crippen molar-refractivity contribution in [1.29, 1.82) is 0 Å². The van der Waals surface area contributed by atoms with Gasteiger partial charge in [-0.05, 0) is 19.2 Å². The van der Waals surface area contributed by atoms with E-state index in [1.165, 1.54) is 18.1 Å². The maximum absolute atomic E-state index is 12.9. The van der Waals surface area contributed by atoms with Gasteiger partial charge in [-0.2, -0.15) is 13.2 Å². The van der Waals surface area contributed by atoms with E-state index in [9.17, 15) is 13.2 Å². The molecule has 0 aliphatic carbocycles. The predicted octanol–water partition coefficient (Wildman–Crippen LogP) is 2.42. The number of aromatic nitrogens is 1. The van der Waals surface area contributed by atoms with Gasteiger partial charge in [0.05, 0.1) is 5.02 Å². The lowest BCUT2D eigenvalue weighted by Gasteiger charge is -2.40. The largest absolute Gasteiger partial charge is 0.405 e. The molecule has 18 heavy (non-hydrogen) atoms. The Morgan fingerprint density at radius 3 is 2.72 bits per heavy atom. The quantitative estimate of drug-likeness (QED) is 0.787. The van der Waals surface area contributed by atoms with Gasteiger partial charge in [0.1, 0.15) is 11.9 Å². The van der Waals surface area contributed by atoms with Crippen LogP contribution in [0.5, 0.6) is 0 Å². The van der Waals surface area contributed by atoms with E-state index in [0.29, 0.717) is 23.9 Å². The molecule has 0 aromatic carbocycles. The number of hydrogen-bond acceptors (Lipinski definition) is 3. The Labute approximate surface area is 108 Å². The third-order valence-corrected chi connectivity index (χ3v) is 3.36. The van der Waals surface area contributed by atoms with E-state index >= 15 is 0 Å². The summed E-state index contributed by atoms with van der Waals surface area (Å²) in [6.07, 6.45) is -2.71. The van der Waals surface area contributed by atoms with E-state index in [1.807, 2.05) is 0 Å². The van der Waals surface area contributed by atoms with Gasteiger partial charge in [-0.25, -0.2) is 4.98 Å². The number of pyridine rings is 1. The Kier molecular flexibility index (Phi) is 3.68. The van der Waals surface area contributed by atoms with Gasteiger partial charge < -0.3 is 4.90 Å². The predicted molar refractivity (Wildman–Crippen MR) is 63.9 cm³/mol. The standard InChI is InChI=1S/C11H13ClF3N3/c1-17-5-6-18(7-9(17)11(13,14)15)10-8(12)3-2-4-16-10/h2-4,9H,5-7H2,1H3. The monoisotopic (exact) mass is 279 g/mol. The summed E-state index contributed by atoms with van der Waals surface area (Å²) in [6.45, 7) is 0.674. The van der Waals surface area contributed by atoms with Crippen LogP contribution in [-0.4, -0.2) is 48.8 Å². The second kappa shape index (κ2) is 4.93. The molecule has 2 rings (SSSR count). The number of likely N-dealkylation sites (N-methyl/N-ethyl adjacent to an activating group) is 1. The third-order valence-electron chi connectivity index (χ3n) is 3.06. The first-order chi connectivity index (χ1) is 8.39. The molecule has 3 nitrogen and oxygen atoms in total. The minimum atomic E-state index is -4.24. The molecular formula is C11H13ClF3N3.